The van der Waals surface area contributed by atoms with E-state index in [4.69, 9.17) is 11.6 Å². The highest BCUT2D eigenvalue weighted by Gasteiger charge is 2.31. The summed E-state index contributed by atoms with van der Waals surface area (Å²) in [4.78, 5) is 19.2. The third-order valence-electron chi connectivity index (χ3n) is 5.30. The Labute approximate surface area is 183 Å². The lowest BCUT2D eigenvalue weighted by Gasteiger charge is -2.23. The molecule has 1 aliphatic carbocycles. The molecule has 31 heavy (non-hydrogen) atoms. The average Bonchev–Trinajstić information content (AvgIpc) is 3.45. The fourth-order valence-electron chi connectivity index (χ4n) is 3.46. The Bertz CT molecular complexity index is 1060. The van der Waals surface area contributed by atoms with Crippen LogP contribution in [0.25, 0.3) is 0 Å². The van der Waals surface area contributed by atoms with Gasteiger partial charge in [0, 0.05) is 36.1 Å². The highest BCUT2D eigenvalue weighted by atomic mass is 35.5. The first-order chi connectivity index (χ1) is 14.8. The number of nitrogens with zero attached hydrogens (tertiary/aromatic N) is 3. The molecule has 1 aliphatic rings. The zero-order valence-corrected chi connectivity index (χ0v) is 17.4. The van der Waals surface area contributed by atoms with Crippen molar-refractivity contribution in [1.82, 2.24) is 14.5 Å². The molecule has 0 saturated heterocycles. The van der Waals surface area contributed by atoms with E-state index in [-0.39, 0.29) is 19.0 Å². The van der Waals surface area contributed by atoms with Gasteiger partial charge >= 0.3 is 6.18 Å². The van der Waals surface area contributed by atoms with E-state index in [2.05, 4.69) is 4.98 Å². The molecule has 1 fully saturated rings. The lowest BCUT2D eigenvalue weighted by molar-refractivity contribution is -0.137. The molecule has 1 saturated carbocycles. The molecular formula is C23H21ClF3N3O. The van der Waals surface area contributed by atoms with E-state index in [1.165, 1.54) is 6.07 Å². The minimum atomic E-state index is -4.39. The normalized spacial score (nSPS) is 13.9. The molecule has 162 valence electrons. The molecule has 4 nitrogen and oxygen atoms in total. The van der Waals surface area contributed by atoms with E-state index in [1.807, 2.05) is 0 Å². The molecule has 0 aliphatic heterocycles. The molecule has 1 heterocycles. The number of rotatable bonds is 7. The Balaban J connectivity index is 1.53. The number of benzene rings is 2. The second-order valence-electron chi connectivity index (χ2n) is 7.81. The van der Waals surface area contributed by atoms with Gasteiger partial charge in [-0.15, -0.1) is 0 Å². The summed E-state index contributed by atoms with van der Waals surface area (Å²) < 4.78 is 40.9. The van der Waals surface area contributed by atoms with Gasteiger partial charge in [0.05, 0.1) is 12.1 Å². The number of imidazole rings is 1. The number of amides is 1. The van der Waals surface area contributed by atoms with Crippen molar-refractivity contribution in [3.8, 4) is 0 Å². The van der Waals surface area contributed by atoms with Crippen molar-refractivity contribution in [2.75, 3.05) is 6.54 Å². The Morgan fingerprint density at radius 3 is 2.58 bits per heavy atom. The van der Waals surface area contributed by atoms with Crippen LogP contribution >= 0.6 is 11.6 Å². The second kappa shape index (κ2) is 8.75. The van der Waals surface area contributed by atoms with Crippen LogP contribution in [0.5, 0.6) is 0 Å². The summed E-state index contributed by atoms with van der Waals surface area (Å²) >= 11 is 5.93. The van der Waals surface area contributed by atoms with Crippen LogP contribution in [-0.4, -0.2) is 26.9 Å². The minimum Gasteiger partial charge on any atom is -0.331 e. The summed E-state index contributed by atoms with van der Waals surface area (Å²) in [6.07, 6.45) is 1.11. The molecule has 0 unspecified atom stereocenters. The molecule has 1 amide bonds. The maximum absolute atomic E-state index is 13.1. The predicted molar refractivity (Wildman–Crippen MR) is 112 cm³/mol. The molecule has 0 atom stereocenters. The number of aromatic nitrogens is 2. The van der Waals surface area contributed by atoms with Crippen molar-refractivity contribution < 1.29 is 18.0 Å². The van der Waals surface area contributed by atoms with Gasteiger partial charge in [-0.05, 0) is 60.7 Å². The molecule has 0 radical (unpaired) electrons. The molecule has 8 heteroatoms. The minimum absolute atomic E-state index is 0.114. The van der Waals surface area contributed by atoms with Gasteiger partial charge < -0.3 is 9.47 Å². The van der Waals surface area contributed by atoms with Crippen LogP contribution in [0.1, 0.15) is 40.2 Å². The summed E-state index contributed by atoms with van der Waals surface area (Å²) in [5.74, 6) is 0.987. The Kier molecular flexibility index (Phi) is 6.05. The van der Waals surface area contributed by atoms with Crippen molar-refractivity contribution in [3.05, 3.63) is 88.5 Å². The van der Waals surface area contributed by atoms with Gasteiger partial charge in [0.2, 0.25) is 0 Å². The summed E-state index contributed by atoms with van der Waals surface area (Å²) in [6, 6.07) is 12.0. The first-order valence-corrected chi connectivity index (χ1v) is 10.4. The summed E-state index contributed by atoms with van der Waals surface area (Å²) in [5, 5.41) is 0.557. The lowest BCUT2D eigenvalue weighted by Crippen LogP contribution is -2.33. The zero-order chi connectivity index (χ0) is 22.0. The quantitative estimate of drug-likeness (QED) is 0.469. The Morgan fingerprint density at radius 1 is 1.16 bits per heavy atom. The number of hydrogen-bond acceptors (Lipinski definition) is 2. The fourth-order valence-corrected chi connectivity index (χ4v) is 3.58. The fraction of sp³-hybridized carbons (Fsp3) is 0.304. The SMILES string of the molecule is O=C(c1ccc(Cl)cc1)N(Cc1nccn1Cc1cccc(C(F)(F)F)c1)CC1CC1. The van der Waals surface area contributed by atoms with Crippen LogP contribution < -0.4 is 0 Å². The molecule has 3 aromatic rings. The van der Waals surface area contributed by atoms with Gasteiger partial charge in [-0.25, -0.2) is 4.98 Å². The topological polar surface area (TPSA) is 38.1 Å². The van der Waals surface area contributed by atoms with Crippen molar-refractivity contribution >= 4 is 17.5 Å². The van der Waals surface area contributed by atoms with Gasteiger partial charge in [0.1, 0.15) is 5.82 Å². The predicted octanol–water partition coefficient (Wildman–Crippen LogP) is 5.66. The van der Waals surface area contributed by atoms with Crippen LogP contribution in [0.2, 0.25) is 5.02 Å². The van der Waals surface area contributed by atoms with Crippen LogP contribution in [0.15, 0.2) is 60.9 Å². The summed E-state index contributed by atoms with van der Waals surface area (Å²) in [6.45, 7) is 1.15. The monoisotopic (exact) mass is 447 g/mol. The standard InChI is InChI=1S/C23H21ClF3N3O/c24-20-8-6-18(7-9-20)22(31)30(13-16-4-5-16)15-21-28-10-11-29(21)14-17-2-1-3-19(12-17)23(25,26)27/h1-3,6-12,16H,4-5,13-15H2. The molecule has 0 bridgehead atoms. The lowest BCUT2D eigenvalue weighted by atomic mass is 10.1. The zero-order valence-electron chi connectivity index (χ0n) is 16.6. The van der Waals surface area contributed by atoms with E-state index in [0.717, 1.165) is 25.0 Å². The van der Waals surface area contributed by atoms with Crippen LogP contribution in [0.4, 0.5) is 13.2 Å². The number of carbonyl (C=O) groups is 1. The summed E-state index contributed by atoms with van der Waals surface area (Å²) in [7, 11) is 0. The molecule has 1 aromatic heterocycles. The molecule has 2 aromatic carbocycles. The third-order valence-corrected chi connectivity index (χ3v) is 5.55. The first kappa shape index (κ1) is 21.4. The van der Waals surface area contributed by atoms with Crippen LogP contribution in [-0.2, 0) is 19.3 Å². The highest BCUT2D eigenvalue weighted by Crippen LogP contribution is 2.31. The van der Waals surface area contributed by atoms with Crippen molar-refractivity contribution in [3.63, 3.8) is 0 Å². The number of hydrogen-bond donors (Lipinski definition) is 0. The van der Waals surface area contributed by atoms with E-state index >= 15 is 0 Å². The molecule has 0 N–H and O–H groups in total. The van der Waals surface area contributed by atoms with Crippen molar-refractivity contribution in [2.45, 2.75) is 32.1 Å². The van der Waals surface area contributed by atoms with Crippen LogP contribution in [0, 0.1) is 5.92 Å². The molecular weight excluding hydrogens is 427 g/mol. The second-order valence-corrected chi connectivity index (χ2v) is 8.24. The number of alkyl halides is 3. The van der Waals surface area contributed by atoms with Crippen molar-refractivity contribution in [1.29, 1.82) is 0 Å². The highest BCUT2D eigenvalue weighted by molar-refractivity contribution is 6.30. The molecule has 4 rings (SSSR count). The molecule has 0 spiro atoms. The Morgan fingerprint density at radius 2 is 1.90 bits per heavy atom. The van der Waals surface area contributed by atoms with Gasteiger partial charge in [-0.1, -0.05) is 23.7 Å². The van der Waals surface area contributed by atoms with Gasteiger partial charge in [-0.3, -0.25) is 4.79 Å². The Hall–Kier alpha value is -2.80. The number of halogens is 4. The van der Waals surface area contributed by atoms with E-state index in [1.54, 1.807) is 52.2 Å². The summed E-state index contributed by atoms with van der Waals surface area (Å²) in [5.41, 5.74) is 0.382. The smallest absolute Gasteiger partial charge is 0.331 e. The maximum atomic E-state index is 13.1. The van der Waals surface area contributed by atoms with Gasteiger partial charge in [0.25, 0.3) is 5.91 Å². The largest absolute Gasteiger partial charge is 0.416 e. The maximum Gasteiger partial charge on any atom is 0.416 e. The first-order valence-electron chi connectivity index (χ1n) is 10.0. The van der Waals surface area contributed by atoms with Crippen molar-refractivity contribution in [2.24, 2.45) is 5.92 Å². The van der Waals surface area contributed by atoms with E-state index in [0.29, 0.717) is 34.4 Å². The van der Waals surface area contributed by atoms with E-state index < -0.39 is 11.7 Å². The number of carbonyl (C=O) groups excluding carboxylic acids is 1. The van der Waals surface area contributed by atoms with Gasteiger partial charge in [0.15, 0.2) is 0 Å². The van der Waals surface area contributed by atoms with E-state index in [9.17, 15) is 18.0 Å². The van der Waals surface area contributed by atoms with Gasteiger partial charge in [-0.2, -0.15) is 13.2 Å². The average molecular weight is 448 g/mol. The van der Waals surface area contributed by atoms with Crippen LogP contribution in [0.3, 0.4) is 0 Å². The third kappa shape index (κ3) is 5.47.